The summed E-state index contributed by atoms with van der Waals surface area (Å²) in [6.07, 6.45) is 0.299. The molecule has 6 nitrogen and oxygen atoms in total. The van der Waals surface area contributed by atoms with E-state index in [1.165, 1.54) is 11.3 Å². The Morgan fingerprint density at radius 3 is 2.66 bits per heavy atom. The van der Waals surface area contributed by atoms with E-state index in [1.54, 1.807) is 23.8 Å². The summed E-state index contributed by atoms with van der Waals surface area (Å²) in [5.41, 5.74) is 1.84. The van der Waals surface area contributed by atoms with Crippen LogP contribution in [0.5, 0.6) is 5.75 Å². The minimum Gasteiger partial charge on any atom is -0.495 e. The van der Waals surface area contributed by atoms with E-state index in [0.29, 0.717) is 31.1 Å². The van der Waals surface area contributed by atoms with Gasteiger partial charge in [0.25, 0.3) is 0 Å². The molecule has 8 heteroatoms. The fourth-order valence-corrected chi connectivity index (χ4v) is 4.76. The maximum absolute atomic E-state index is 12.7. The zero-order valence-corrected chi connectivity index (χ0v) is 17.7. The maximum atomic E-state index is 12.7. The van der Waals surface area contributed by atoms with Gasteiger partial charge in [0, 0.05) is 44.2 Å². The van der Waals surface area contributed by atoms with Gasteiger partial charge in [-0.25, -0.2) is 0 Å². The van der Waals surface area contributed by atoms with Crippen LogP contribution in [0.3, 0.4) is 0 Å². The number of piperazine rings is 1. The first-order chi connectivity index (χ1) is 14.1. The number of methoxy groups -OCH3 is 1. The molecule has 0 radical (unpaired) electrons. The van der Waals surface area contributed by atoms with E-state index in [9.17, 15) is 9.59 Å². The number of benzene rings is 2. The normalized spacial score (nSPS) is 14.4. The van der Waals surface area contributed by atoms with Gasteiger partial charge >= 0.3 is 4.87 Å². The first-order valence-electron chi connectivity index (χ1n) is 9.51. The lowest BCUT2D eigenvalue weighted by Crippen LogP contribution is -2.49. The molecule has 0 saturated carbocycles. The molecule has 3 aromatic rings. The van der Waals surface area contributed by atoms with Gasteiger partial charge in [0.1, 0.15) is 5.75 Å². The third kappa shape index (κ3) is 4.11. The van der Waals surface area contributed by atoms with Crippen molar-refractivity contribution in [2.45, 2.75) is 13.0 Å². The molecule has 2 aromatic carbocycles. The number of carbonyl (C=O) groups is 1. The van der Waals surface area contributed by atoms with Gasteiger partial charge in [-0.3, -0.25) is 14.2 Å². The summed E-state index contributed by atoms with van der Waals surface area (Å²) in [5, 5.41) is 0.586. The van der Waals surface area contributed by atoms with Gasteiger partial charge in [0.05, 0.1) is 23.0 Å². The predicted molar refractivity (Wildman–Crippen MR) is 117 cm³/mol. The minimum absolute atomic E-state index is 0.0592. The number of anilines is 1. The monoisotopic (exact) mass is 431 g/mol. The van der Waals surface area contributed by atoms with Crippen LogP contribution in [0.4, 0.5) is 5.69 Å². The van der Waals surface area contributed by atoms with Gasteiger partial charge < -0.3 is 14.5 Å². The van der Waals surface area contributed by atoms with E-state index < -0.39 is 0 Å². The Morgan fingerprint density at radius 1 is 1.14 bits per heavy atom. The maximum Gasteiger partial charge on any atom is 0.308 e. The highest BCUT2D eigenvalue weighted by molar-refractivity contribution is 7.16. The van der Waals surface area contributed by atoms with E-state index >= 15 is 0 Å². The Kier molecular flexibility index (Phi) is 5.78. The number of ether oxygens (including phenoxy) is 1. The molecule has 0 spiro atoms. The van der Waals surface area contributed by atoms with Crippen molar-refractivity contribution in [3.63, 3.8) is 0 Å². The van der Waals surface area contributed by atoms with Gasteiger partial charge in [-0.05, 0) is 30.3 Å². The molecular weight excluding hydrogens is 410 g/mol. The molecule has 1 aromatic heterocycles. The molecule has 152 valence electrons. The standard InChI is InChI=1S/C21H22ClN3O3S/c1-28-18-5-3-2-4-16(18)23-10-12-24(13-11-23)20(26)8-9-25-17-14-15(22)6-7-19(17)29-21(25)27/h2-7,14H,8-13H2,1H3. The summed E-state index contributed by atoms with van der Waals surface area (Å²) >= 11 is 7.25. The number of carbonyl (C=O) groups excluding carboxylic acids is 1. The van der Waals surface area contributed by atoms with Gasteiger partial charge in [-0.15, -0.1) is 0 Å². The first-order valence-corrected chi connectivity index (χ1v) is 10.7. The lowest BCUT2D eigenvalue weighted by atomic mass is 10.2. The largest absolute Gasteiger partial charge is 0.495 e. The number of para-hydroxylation sites is 2. The highest BCUT2D eigenvalue weighted by atomic mass is 35.5. The van der Waals surface area contributed by atoms with Gasteiger partial charge in [0.15, 0.2) is 0 Å². The molecule has 1 aliphatic heterocycles. The zero-order valence-electron chi connectivity index (χ0n) is 16.1. The van der Waals surface area contributed by atoms with Crippen molar-refractivity contribution in [3.8, 4) is 5.75 Å². The number of fused-ring (bicyclic) bond motifs is 1. The highest BCUT2D eigenvalue weighted by Gasteiger charge is 2.23. The second kappa shape index (κ2) is 8.47. The van der Waals surface area contributed by atoms with E-state index in [-0.39, 0.29) is 10.8 Å². The molecule has 0 aliphatic carbocycles. The lowest BCUT2D eigenvalue weighted by molar-refractivity contribution is -0.131. The van der Waals surface area contributed by atoms with Gasteiger partial charge in [-0.1, -0.05) is 35.1 Å². The lowest BCUT2D eigenvalue weighted by Gasteiger charge is -2.36. The molecule has 1 saturated heterocycles. The van der Waals surface area contributed by atoms with Crippen LogP contribution in [0.25, 0.3) is 10.2 Å². The van der Waals surface area contributed by atoms with Crippen LogP contribution in [0.15, 0.2) is 47.3 Å². The van der Waals surface area contributed by atoms with Crippen LogP contribution >= 0.6 is 22.9 Å². The van der Waals surface area contributed by atoms with Crippen LogP contribution in [0, 0.1) is 0 Å². The van der Waals surface area contributed by atoms with Crippen molar-refractivity contribution >= 4 is 44.7 Å². The van der Waals surface area contributed by atoms with Crippen molar-refractivity contribution in [1.29, 1.82) is 0 Å². The van der Waals surface area contributed by atoms with E-state index in [2.05, 4.69) is 4.90 Å². The number of aromatic nitrogens is 1. The second-order valence-corrected chi connectivity index (χ2v) is 8.35. The Hall–Kier alpha value is -2.51. The topological polar surface area (TPSA) is 54.8 Å². The van der Waals surface area contributed by atoms with E-state index in [0.717, 1.165) is 34.7 Å². The summed E-state index contributed by atoms with van der Waals surface area (Å²) in [5.74, 6) is 0.910. The van der Waals surface area contributed by atoms with Crippen LogP contribution in [-0.4, -0.2) is 48.7 Å². The summed E-state index contributed by atoms with van der Waals surface area (Å²) in [6.45, 7) is 3.18. The molecule has 0 atom stereocenters. The summed E-state index contributed by atoms with van der Waals surface area (Å²) in [4.78, 5) is 29.1. The molecule has 1 fully saturated rings. The summed E-state index contributed by atoms with van der Waals surface area (Å²) < 4.78 is 7.98. The fourth-order valence-electron chi connectivity index (χ4n) is 3.70. The van der Waals surface area contributed by atoms with Crippen LogP contribution in [-0.2, 0) is 11.3 Å². The molecule has 0 unspecified atom stereocenters. The van der Waals surface area contributed by atoms with Gasteiger partial charge in [0.2, 0.25) is 5.91 Å². The van der Waals surface area contributed by atoms with E-state index in [4.69, 9.17) is 16.3 Å². The SMILES string of the molecule is COc1ccccc1N1CCN(C(=O)CCn2c(=O)sc3ccc(Cl)cc32)CC1. The summed E-state index contributed by atoms with van der Waals surface area (Å²) in [7, 11) is 1.67. The zero-order chi connectivity index (χ0) is 20.4. The number of rotatable bonds is 5. The Labute approximate surface area is 177 Å². The van der Waals surface area contributed by atoms with Crippen LogP contribution < -0.4 is 14.5 Å². The molecule has 1 aliphatic rings. The number of halogens is 1. The third-order valence-corrected chi connectivity index (χ3v) is 6.43. The Morgan fingerprint density at radius 2 is 1.90 bits per heavy atom. The molecule has 4 rings (SSSR count). The quantitative estimate of drug-likeness (QED) is 0.620. The molecule has 2 heterocycles. The first kappa shape index (κ1) is 19.8. The van der Waals surface area contributed by atoms with Crippen LogP contribution in [0.2, 0.25) is 5.02 Å². The molecule has 29 heavy (non-hydrogen) atoms. The van der Waals surface area contributed by atoms with Gasteiger partial charge in [-0.2, -0.15) is 0 Å². The number of aryl methyl sites for hydroxylation is 1. The third-order valence-electron chi connectivity index (χ3n) is 5.24. The van der Waals surface area contributed by atoms with Crippen LogP contribution in [0.1, 0.15) is 6.42 Å². The minimum atomic E-state index is -0.0592. The van der Waals surface area contributed by atoms with Crippen molar-refractivity contribution in [2.75, 3.05) is 38.2 Å². The summed E-state index contributed by atoms with van der Waals surface area (Å²) in [6, 6.07) is 13.3. The Balaban J connectivity index is 1.38. The molecule has 0 bridgehead atoms. The number of thiazole rings is 1. The van der Waals surface area contributed by atoms with Crippen molar-refractivity contribution in [3.05, 3.63) is 57.2 Å². The number of hydrogen-bond acceptors (Lipinski definition) is 5. The number of nitrogens with zero attached hydrogens (tertiary/aromatic N) is 3. The average Bonchev–Trinajstić information content (AvgIpc) is 3.06. The van der Waals surface area contributed by atoms with E-state index in [1.807, 2.05) is 35.2 Å². The Bertz CT molecular complexity index is 1090. The number of hydrogen-bond donors (Lipinski definition) is 0. The highest BCUT2D eigenvalue weighted by Crippen LogP contribution is 2.28. The second-order valence-electron chi connectivity index (χ2n) is 6.92. The van der Waals surface area contributed by atoms with Crippen molar-refractivity contribution in [2.24, 2.45) is 0 Å². The smallest absolute Gasteiger partial charge is 0.308 e. The molecular formula is C21H22ClN3O3S. The average molecular weight is 432 g/mol. The van der Waals surface area contributed by atoms with Crippen molar-refractivity contribution < 1.29 is 9.53 Å². The predicted octanol–water partition coefficient (Wildman–Crippen LogP) is 3.46. The molecule has 1 amide bonds. The fraction of sp³-hybridized carbons (Fsp3) is 0.333. The molecule has 0 N–H and O–H groups in total. The van der Waals surface area contributed by atoms with Crippen molar-refractivity contribution in [1.82, 2.24) is 9.47 Å². The number of amides is 1.